The Morgan fingerprint density at radius 1 is 1.00 bits per heavy atom. The summed E-state index contributed by atoms with van der Waals surface area (Å²) < 4.78 is 48.9. The lowest BCUT2D eigenvalue weighted by Gasteiger charge is -2.24. The van der Waals surface area contributed by atoms with E-state index in [2.05, 4.69) is 0 Å². The molecule has 1 heterocycles. The Kier molecular flexibility index (Phi) is 5.80. The molecule has 0 radical (unpaired) electrons. The molecule has 0 aliphatic heterocycles. The van der Waals surface area contributed by atoms with Crippen molar-refractivity contribution in [3.8, 4) is 0 Å². The third-order valence-electron chi connectivity index (χ3n) is 4.34. The summed E-state index contributed by atoms with van der Waals surface area (Å²) >= 11 is 0. The van der Waals surface area contributed by atoms with Gasteiger partial charge in [0, 0.05) is 22.8 Å². The zero-order valence-corrected chi connectivity index (χ0v) is 17.0. The smallest absolute Gasteiger partial charge is 0.458 e. The molecule has 0 fully saturated rings. The number of amides is 1. The Balaban J connectivity index is 1.88. The van der Waals surface area contributed by atoms with E-state index in [1.807, 2.05) is 6.07 Å². The normalized spacial score (nSPS) is 13.2. The van der Waals surface area contributed by atoms with Gasteiger partial charge in [0.2, 0.25) is 0 Å². The largest absolute Gasteiger partial charge is 0.471 e. The van der Waals surface area contributed by atoms with Gasteiger partial charge in [-0.15, -0.1) is 0 Å². The number of esters is 1. The lowest BCUT2D eigenvalue weighted by molar-refractivity contribution is -0.177. The number of furan rings is 1. The van der Waals surface area contributed by atoms with Crippen molar-refractivity contribution in [3.63, 3.8) is 0 Å². The fourth-order valence-electron chi connectivity index (χ4n) is 3.01. The Morgan fingerprint density at radius 3 is 2.29 bits per heavy atom. The minimum atomic E-state index is -5.21. The Labute approximate surface area is 175 Å². The molecule has 1 aromatic heterocycles. The van der Waals surface area contributed by atoms with Crippen molar-refractivity contribution in [2.45, 2.75) is 45.0 Å². The number of Topliss-reactive ketones (excluding diaryl/α,β-unsaturated/α-hetero) is 1. The zero-order valence-electron chi connectivity index (χ0n) is 17.0. The summed E-state index contributed by atoms with van der Waals surface area (Å²) in [7, 11) is 0. The van der Waals surface area contributed by atoms with Crippen LogP contribution in [0.1, 0.15) is 37.6 Å². The van der Waals surface area contributed by atoms with Crippen molar-refractivity contribution < 1.29 is 36.7 Å². The number of carbonyl (C=O) groups is 3. The lowest BCUT2D eigenvalue weighted by Crippen LogP contribution is -2.49. The molecule has 1 N–H and O–H groups in total. The van der Waals surface area contributed by atoms with Gasteiger partial charge in [-0.3, -0.25) is 9.59 Å². The molecule has 3 aromatic rings. The molecule has 1 atom stereocenters. The van der Waals surface area contributed by atoms with E-state index >= 15 is 0 Å². The van der Waals surface area contributed by atoms with Crippen LogP contribution in [0.4, 0.5) is 13.2 Å². The number of alkyl halides is 3. The quantitative estimate of drug-likeness (QED) is 0.470. The molecule has 3 rings (SSSR count). The van der Waals surface area contributed by atoms with Crippen LogP contribution in [0.2, 0.25) is 0 Å². The summed E-state index contributed by atoms with van der Waals surface area (Å²) in [4.78, 5) is 36.5. The van der Waals surface area contributed by atoms with Crippen molar-refractivity contribution in [3.05, 3.63) is 48.0 Å². The number of ketones is 1. The molecule has 9 heteroatoms. The van der Waals surface area contributed by atoms with Gasteiger partial charge in [-0.25, -0.2) is 4.79 Å². The summed E-state index contributed by atoms with van der Waals surface area (Å²) in [5, 5.41) is 2.98. The highest BCUT2D eigenvalue weighted by molar-refractivity contribution is 6.09. The number of rotatable bonds is 5. The molecule has 0 saturated carbocycles. The van der Waals surface area contributed by atoms with E-state index in [1.165, 1.54) is 26.8 Å². The number of ether oxygens (including phenoxy) is 1. The van der Waals surface area contributed by atoms with Crippen LogP contribution in [-0.2, 0) is 14.3 Å². The highest BCUT2D eigenvalue weighted by Gasteiger charge is 2.42. The average Bonchev–Trinajstić information content (AvgIpc) is 3.03. The summed E-state index contributed by atoms with van der Waals surface area (Å²) in [6.07, 6.45) is -5.91. The van der Waals surface area contributed by atoms with Crippen LogP contribution in [0.15, 0.2) is 46.9 Å². The Morgan fingerprint density at radius 2 is 1.65 bits per heavy atom. The standard InChI is InChI=1S/C22H20F3NO5/c1-21(2,3)31-19(28)15(26-20(29)22(23,24)25)11-16(27)12-8-9-18-14(10-12)13-6-4-5-7-17(13)30-18/h4-10,15H,11H2,1-3H3,(H,26,29)/t15-/m0/s1. The van der Waals surface area contributed by atoms with Gasteiger partial charge in [-0.1, -0.05) is 18.2 Å². The number of para-hydroxylation sites is 1. The minimum Gasteiger partial charge on any atom is -0.458 e. The number of hydrogen-bond acceptors (Lipinski definition) is 5. The van der Waals surface area contributed by atoms with E-state index < -0.39 is 41.9 Å². The second-order valence-electron chi connectivity index (χ2n) is 7.99. The number of fused-ring (bicyclic) bond motifs is 3. The SMILES string of the molecule is CC(C)(C)OC(=O)[C@H](CC(=O)c1ccc2oc3ccccc3c2c1)NC(=O)C(F)(F)F. The number of carbonyl (C=O) groups excluding carboxylic acids is 3. The van der Waals surface area contributed by atoms with Crippen molar-refractivity contribution in [1.82, 2.24) is 5.32 Å². The topological polar surface area (TPSA) is 85.6 Å². The summed E-state index contributed by atoms with van der Waals surface area (Å²) in [5.41, 5.74) is 0.294. The van der Waals surface area contributed by atoms with Gasteiger partial charge in [-0.05, 0) is 45.0 Å². The van der Waals surface area contributed by atoms with E-state index in [0.717, 1.165) is 5.39 Å². The third-order valence-corrected chi connectivity index (χ3v) is 4.34. The predicted molar refractivity (Wildman–Crippen MR) is 106 cm³/mol. The molecule has 31 heavy (non-hydrogen) atoms. The van der Waals surface area contributed by atoms with Gasteiger partial charge in [-0.2, -0.15) is 13.2 Å². The van der Waals surface area contributed by atoms with Crippen molar-refractivity contribution in [1.29, 1.82) is 0 Å². The first-order chi connectivity index (χ1) is 14.3. The van der Waals surface area contributed by atoms with Gasteiger partial charge < -0.3 is 14.5 Å². The first-order valence-corrected chi connectivity index (χ1v) is 9.40. The average molecular weight is 435 g/mol. The third kappa shape index (κ3) is 5.22. The number of halogens is 3. The van der Waals surface area contributed by atoms with E-state index in [1.54, 1.807) is 35.6 Å². The van der Waals surface area contributed by atoms with Gasteiger partial charge in [0.1, 0.15) is 22.8 Å². The van der Waals surface area contributed by atoms with Gasteiger partial charge in [0.05, 0.1) is 0 Å². The van der Waals surface area contributed by atoms with E-state index in [0.29, 0.717) is 16.6 Å². The van der Waals surface area contributed by atoms with E-state index in [4.69, 9.17) is 9.15 Å². The van der Waals surface area contributed by atoms with Crippen LogP contribution in [0.25, 0.3) is 21.9 Å². The molecule has 0 aliphatic rings. The molecular weight excluding hydrogens is 415 g/mol. The van der Waals surface area contributed by atoms with Crippen LogP contribution < -0.4 is 5.32 Å². The van der Waals surface area contributed by atoms with Crippen LogP contribution >= 0.6 is 0 Å². The van der Waals surface area contributed by atoms with Crippen molar-refractivity contribution in [2.75, 3.05) is 0 Å². The number of hydrogen-bond donors (Lipinski definition) is 1. The van der Waals surface area contributed by atoms with E-state index in [-0.39, 0.29) is 5.56 Å². The van der Waals surface area contributed by atoms with Gasteiger partial charge in [0.15, 0.2) is 5.78 Å². The molecule has 2 aromatic carbocycles. The first kappa shape index (κ1) is 22.3. The van der Waals surface area contributed by atoms with Crippen molar-refractivity contribution in [2.24, 2.45) is 0 Å². The highest BCUT2D eigenvalue weighted by atomic mass is 19.4. The van der Waals surface area contributed by atoms with Crippen LogP contribution in [-0.4, -0.2) is 35.5 Å². The monoisotopic (exact) mass is 435 g/mol. The molecule has 0 saturated heterocycles. The zero-order chi connectivity index (χ0) is 23.0. The molecule has 1 amide bonds. The maximum Gasteiger partial charge on any atom is 0.471 e. The minimum absolute atomic E-state index is 0.161. The second-order valence-corrected chi connectivity index (χ2v) is 7.99. The summed E-state index contributed by atoms with van der Waals surface area (Å²) in [6, 6.07) is 9.94. The predicted octanol–water partition coefficient (Wildman–Crippen LogP) is 4.55. The van der Waals surface area contributed by atoms with Gasteiger partial charge >= 0.3 is 18.1 Å². The maximum absolute atomic E-state index is 12.8. The molecule has 164 valence electrons. The van der Waals surface area contributed by atoms with Crippen molar-refractivity contribution >= 4 is 39.6 Å². The van der Waals surface area contributed by atoms with Gasteiger partial charge in [0.25, 0.3) is 0 Å². The summed E-state index contributed by atoms with van der Waals surface area (Å²) in [6.45, 7) is 4.56. The molecule has 0 aliphatic carbocycles. The fourth-order valence-corrected chi connectivity index (χ4v) is 3.01. The Bertz CT molecular complexity index is 1160. The van der Waals surface area contributed by atoms with Crippen LogP contribution in [0.5, 0.6) is 0 Å². The molecule has 6 nitrogen and oxygen atoms in total. The Hall–Kier alpha value is -3.36. The summed E-state index contributed by atoms with van der Waals surface area (Å²) in [5.74, 6) is -4.09. The first-order valence-electron chi connectivity index (χ1n) is 9.40. The van der Waals surface area contributed by atoms with E-state index in [9.17, 15) is 27.6 Å². The second kappa shape index (κ2) is 8.05. The molecular formula is C22H20F3NO5. The number of benzene rings is 2. The molecule has 0 unspecified atom stereocenters. The number of nitrogens with one attached hydrogen (secondary N) is 1. The maximum atomic E-state index is 12.8. The highest BCUT2D eigenvalue weighted by Crippen LogP contribution is 2.29. The molecule has 0 spiro atoms. The lowest BCUT2D eigenvalue weighted by atomic mass is 10.0. The van der Waals surface area contributed by atoms with Crippen LogP contribution in [0, 0.1) is 0 Å². The molecule has 0 bridgehead atoms. The van der Waals surface area contributed by atoms with Crippen LogP contribution in [0.3, 0.4) is 0 Å². The fraction of sp³-hybridized carbons (Fsp3) is 0.318.